The van der Waals surface area contributed by atoms with Gasteiger partial charge in [-0.3, -0.25) is 19.2 Å². The quantitative estimate of drug-likeness (QED) is 0.385. The standard InChI is InChI=1S/C14H22O8/c15-11(16)5-3-7-13(19)21-9-1-2-10-22-14(20)8-4-6-12(17)18/h1-10H2,(H,15,16)(H,17,18). The van der Waals surface area contributed by atoms with Crippen LogP contribution < -0.4 is 0 Å². The highest BCUT2D eigenvalue weighted by Crippen LogP contribution is 2.01. The van der Waals surface area contributed by atoms with E-state index in [9.17, 15) is 19.2 Å². The molecule has 0 saturated heterocycles. The van der Waals surface area contributed by atoms with Crippen LogP contribution in [0.2, 0.25) is 0 Å². The molecule has 0 aliphatic rings. The normalized spacial score (nSPS) is 10.0. The van der Waals surface area contributed by atoms with Gasteiger partial charge >= 0.3 is 23.9 Å². The lowest BCUT2D eigenvalue weighted by atomic mass is 10.2. The average Bonchev–Trinajstić information content (AvgIpc) is 2.41. The first kappa shape index (κ1) is 19.9. The van der Waals surface area contributed by atoms with Crippen LogP contribution in [-0.4, -0.2) is 47.3 Å². The first-order chi connectivity index (χ1) is 10.4. The van der Waals surface area contributed by atoms with Gasteiger partial charge in [-0.1, -0.05) is 0 Å². The summed E-state index contributed by atoms with van der Waals surface area (Å²) in [6.07, 6.45) is 1.60. The predicted molar refractivity (Wildman–Crippen MR) is 74.1 cm³/mol. The number of carbonyl (C=O) groups excluding carboxylic acids is 2. The Morgan fingerprint density at radius 2 is 0.955 bits per heavy atom. The molecule has 0 aromatic heterocycles. The van der Waals surface area contributed by atoms with Crippen LogP contribution in [0.25, 0.3) is 0 Å². The van der Waals surface area contributed by atoms with E-state index in [2.05, 4.69) is 0 Å². The number of aliphatic carboxylic acids is 2. The van der Waals surface area contributed by atoms with Gasteiger partial charge in [-0.15, -0.1) is 0 Å². The fraction of sp³-hybridized carbons (Fsp3) is 0.714. The van der Waals surface area contributed by atoms with Gasteiger partial charge in [-0.05, 0) is 25.7 Å². The summed E-state index contributed by atoms with van der Waals surface area (Å²) in [7, 11) is 0. The molecule has 0 aliphatic heterocycles. The predicted octanol–water partition coefficient (Wildman–Crippen LogP) is 1.36. The molecule has 0 radical (unpaired) electrons. The van der Waals surface area contributed by atoms with E-state index in [1.54, 1.807) is 0 Å². The second-order valence-corrected chi connectivity index (χ2v) is 4.64. The van der Waals surface area contributed by atoms with Gasteiger partial charge in [0.1, 0.15) is 0 Å². The molecular formula is C14H22O8. The van der Waals surface area contributed by atoms with Crippen LogP contribution in [0, 0.1) is 0 Å². The summed E-state index contributed by atoms with van der Waals surface area (Å²) in [5, 5.41) is 16.8. The number of carboxylic acids is 2. The molecule has 0 aromatic rings. The van der Waals surface area contributed by atoms with Gasteiger partial charge in [0.2, 0.25) is 0 Å². The fourth-order valence-corrected chi connectivity index (χ4v) is 1.49. The second-order valence-electron chi connectivity index (χ2n) is 4.64. The minimum absolute atomic E-state index is 0.0626. The largest absolute Gasteiger partial charge is 0.481 e. The molecular weight excluding hydrogens is 296 g/mol. The van der Waals surface area contributed by atoms with Gasteiger partial charge in [-0.2, -0.15) is 0 Å². The molecule has 0 amide bonds. The molecule has 0 fully saturated rings. The lowest BCUT2D eigenvalue weighted by Gasteiger charge is -2.05. The van der Waals surface area contributed by atoms with E-state index in [4.69, 9.17) is 19.7 Å². The number of carboxylic acid groups (broad SMARTS) is 2. The number of hydrogen-bond donors (Lipinski definition) is 2. The molecule has 0 aromatic carbocycles. The Labute approximate surface area is 128 Å². The van der Waals surface area contributed by atoms with Gasteiger partial charge in [0.25, 0.3) is 0 Å². The number of carbonyl (C=O) groups is 4. The van der Waals surface area contributed by atoms with Crippen LogP contribution >= 0.6 is 0 Å². The van der Waals surface area contributed by atoms with Gasteiger partial charge in [0.15, 0.2) is 0 Å². The van der Waals surface area contributed by atoms with Crippen LogP contribution in [0.3, 0.4) is 0 Å². The summed E-state index contributed by atoms with van der Waals surface area (Å²) in [5.74, 6) is -2.77. The molecule has 0 spiro atoms. The van der Waals surface area contributed by atoms with Gasteiger partial charge in [0, 0.05) is 25.7 Å². The number of rotatable bonds is 13. The molecule has 22 heavy (non-hydrogen) atoms. The van der Waals surface area contributed by atoms with Gasteiger partial charge in [0.05, 0.1) is 13.2 Å². The molecule has 0 rings (SSSR count). The third-order valence-electron chi connectivity index (χ3n) is 2.61. The van der Waals surface area contributed by atoms with Crippen LogP contribution in [0.5, 0.6) is 0 Å². The molecule has 0 saturated carbocycles. The second kappa shape index (κ2) is 12.6. The summed E-state index contributed by atoms with van der Waals surface area (Å²) >= 11 is 0. The zero-order valence-corrected chi connectivity index (χ0v) is 12.4. The molecule has 126 valence electrons. The Bertz CT molecular complexity index is 341. The Kier molecular flexibility index (Phi) is 11.4. The molecule has 0 unspecified atom stereocenters. The number of hydrogen-bond acceptors (Lipinski definition) is 6. The van der Waals surface area contributed by atoms with Crippen LogP contribution in [0.1, 0.15) is 51.4 Å². The van der Waals surface area contributed by atoms with Crippen LogP contribution in [0.15, 0.2) is 0 Å². The Hall–Kier alpha value is -2.12. The SMILES string of the molecule is O=C(O)CCCC(=O)OCCCCOC(=O)CCCC(=O)O. The Morgan fingerprint density at radius 3 is 1.27 bits per heavy atom. The number of ether oxygens (including phenoxy) is 2. The Balaban J connectivity index is 3.38. The highest BCUT2D eigenvalue weighted by atomic mass is 16.5. The molecule has 0 heterocycles. The van der Waals surface area contributed by atoms with Crippen molar-refractivity contribution in [2.75, 3.05) is 13.2 Å². The van der Waals surface area contributed by atoms with E-state index in [1.807, 2.05) is 0 Å². The zero-order valence-electron chi connectivity index (χ0n) is 12.4. The highest BCUT2D eigenvalue weighted by molar-refractivity contribution is 5.72. The third kappa shape index (κ3) is 14.3. The summed E-state index contributed by atoms with van der Waals surface area (Å²) in [6, 6.07) is 0. The molecule has 0 atom stereocenters. The maximum atomic E-state index is 11.2. The number of esters is 2. The van der Waals surface area contributed by atoms with Crippen LogP contribution in [0.4, 0.5) is 0 Å². The molecule has 8 nitrogen and oxygen atoms in total. The third-order valence-corrected chi connectivity index (χ3v) is 2.61. The topological polar surface area (TPSA) is 127 Å². The maximum absolute atomic E-state index is 11.2. The molecule has 2 N–H and O–H groups in total. The van der Waals surface area contributed by atoms with Crippen molar-refractivity contribution in [2.45, 2.75) is 51.4 Å². The van der Waals surface area contributed by atoms with E-state index in [-0.39, 0.29) is 51.7 Å². The lowest BCUT2D eigenvalue weighted by molar-refractivity contribution is -0.147. The molecule has 0 aliphatic carbocycles. The maximum Gasteiger partial charge on any atom is 0.305 e. The van der Waals surface area contributed by atoms with E-state index < -0.39 is 23.9 Å². The van der Waals surface area contributed by atoms with E-state index in [0.717, 1.165) is 0 Å². The van der Waals surface area contributed by atoms with E-state index in [1.165, 1.54) is 0 Å². The minimum atomic E-state index is -0.946. The van der Waals surface area contributed by atoms with Crippen molar-refractivity contribution in [3.05, 3.63) is 0 Å². The van der Waals surface area contributed by atoms with E-state index >= 15 is 0 Å². The summed E-state index contributed by atoms with van der Waals surface area (Å²) in [4.78, 5) is 42.9. The van der Waals surface area contributed by atoms with Crippen molar-refractivity contribution in [1.82, 2.24) is 0 Å². The smallest absolute Gasteiger partial charge is 0.305 e. The molecule has 8 heteroatoms. The van der Waals surface area contributed by atoms with E-state index in [0.29, 0.717) is 12.8 Å². The van der Waals surface area contributed by atoms with Crippen molar-refractivity contribution in [1.29, 1.82) is 0 Å². The fourth-order valence-electron chi connectivity index (χ4n) is 1.49. The van der Waals surface area contributed by atoms with Crippen molar-refractivity contribution in [3.63, 3.8) is 0 Å². The monoisotopic (exact) mass is 318 g/mol. The lowest BCUT2D eigenvalue weighted by Crippen LogP contribution is -2.09. The first-order valence-electron chi connectivity index (χ1n) is 7.16. The summed E-state index contributed by atoms with van der Waals surface area (Å²) < 4.78 is 9.77. The van der Waals surface area contributed by atoms with Crippen molar-refractivity contribution in [3.8, 4) is 0 Å². The van der Waals surface area contributed by atoms with Gasteiger partial charge in [-0.25, -0.2) is 0 Å². The zero-order chi connectivity index (χ0) is 16.8. The molecule has 0 bridgehead atoms. The van der Waals surface area contributed by atoms with Gasteiger partial charge < -0.3 is 19.7 Å². The average molecular weight is 318 g/mol. The minimum Gasteiger partial charge on any atom is -0.481 e. The Morgan fingerprint density at radius 1 is 0.591 bits per heavy atom. The first-order valence-corrected chi connectivity index (χ1v) is 7.16. The van der Waals surface area contributed by atoms with Crippen molar-refractivity contribution < 1.29 is 38.9 Å². The van der Waals surface area contributed by atoms with Crippen molar-refractivity contribution >= 4 is 23.9 Å². The number of unbranched alkanes of at least 4 members (excludes halogenated alkanes) is 1. The summed E-state index contributed by atoms with van der Waals surface area (Å²) in [6.45, 7) is 0.394. The van der Waals surface area contributed by atoms with Crippen molar-refractivity contribution in [2.24, 2.45) is 0 Å². The summed E-state index contributed by atoms with van der Waals surface area (Å²) in [5.41, 5.74) is 0. The van der Waals surface area contributed by atoms with Crippen LogP contribution in [-0.2, 0) is 28.7 Å². The highest BCUT2D eigenvalue weighted by Gasteiger charge is 2.06.